The van der Waals surface area contributed by atoms with Crippen molar-refractivity contribution in [1.82, 2.24) is 0 Å². The lowest BCUT2D eigenvalue weighted by atomic mass is 10.0. The highest BCUT2D eigenvalue weighted by Crippen LogP contribution is 2.32. The molecule has 25 heavy (non-hydrogen) atoms. The number of benzene rings is 1. The molecule has 0 saturated heterocycles. The zero-order valence-electron chi connectivity index (χ0n) is 17.7. The number of hydrogen-bond donors (Lipinski definition) is 0. The molecule has 2 unspecified atom stereocenters. The van der Waals surface area contributed by atoms with E-state index in [9.17, 15) is 0 Å². The smallest absolute Gasteiger partial charge is 0.322 e. The topological polar surface area (TPSA) is 27.7 Å². The minimum Gasteiger partial charge on any atom is -0.437 e. The number of hydrogen-bond acceptors (Lipinski definition) is 3. The van der Waals surface area contributed by atoms with E-state index < -0.39 is 34.2 Å². The van der Waals surface area contributed by atoms with Gasteiger partial charge in [-0.15, -0.1) is 0 Å². The van der Waals surface area contributed by atoms with Crippen molar-refractivity contribution < 1.29 is 12.7 Å². The van der Waals surface area contributed by atoms with Crippen LogP contribution >= 0.6 is 0 Å². The first-order chi connectivity index (χ1) is 11.3. The van der Waals surface area contributed by atoms with Crippen molar-refractivity contribution in [3.05, 3.63) is 35.9 Å². The lowest BCUT2D eigenvalue weighted by molar-refractivity contribution is 0.259. The fraction of sp³-hybridized carbons (Fsp3) is 0.667. The van der Waals surface area contributed by atoms with Crippen LogP contribution in [-0.4, -0.2) is 40.5 Å². The molecule has 1 rings (SSSR count). The van der Waals surface area contributed by atoms with Crippen molar-refractivity contribution in [3.8, 4) is 0 Å². The summed E-state index contributed by atoms with van der Waals surface area (Å²) in [7, 11) is -6.94. The maximum atomic E-state index is 6.73. The molecule has 3 nitrogen and oxygen atoms in total. The zero-order chi connectivity index (χ0) is 19.3. The van der Waals surface area contributed by atoms with Gasteiger partial charge in [-0.1, -0.05) is 50.3 Å². The molecule has 1 aromatic rings. The van der Waals surface area contributed by atoms with Crippen molar-refractivity contribution in [2.75, 3.05) is 6.23 Å². The minimum absolute atomic E-state index is 0.429. The summed E-state index contributed by atoms with van der Waals surface area (Å²) in [5.41, 5.74) is 1.36. The van der Waals surface area contributed by atoms with Gasteiger partial charge >= 0.3 is 17.1 Å². The SMILES string of the molecule is CC(C[Si](C)(O[Si](C)(C)C)O[Si](C)(C)OC[SiH](C)C)c1ccccc1. The maximum Gasteiger partial charge on any atom is 0.322 e. The second-order valence-corrected chi connectivity index (χ2v) is 23.8. The van der Waals surface area contributed by atoms with Crippen molar-refractivity contribution in [2.45, 2.75) is 71.3 Å². The molecule has 2 atom stereocenters. The molecule has 7 heteroatoms. The van der Waals surface area contributed by atoms with E-state index in [-0.39, 0.29) is 0 Å². The summed E-state index contributed by atoms with van der Waals surface area (Å²) in [6, 6.07) is 11.7. The molecule has 1 aromatic carbocycles. The Morgan fingerprint density at radius 1 is 0.920 bits per heavy atom. The quantitative estimate of drug-likeness (QED) is 0.475. The summed E-state index contributed by atoms with van der Waals surface area (Å²) in [5, 5.41) is 0. The molecular weight excluding hydrogens is 377 g/mol. The van der Waals surface area contributed by atoms with Crippen molar-refractivity contribution in [1.29, 1.82) is 0 Å². The first kappa shape index (κ1) is 23.0. The first-order valence-corrected chi connectivity index (χ1v) is 21.3. The third kappa shape index (κ3) is 9.46. The second-order valence-electron chi connectivity index (χ2n) is 9.07. The van der Waals surface area contributed by atoms with Crippen molar-refractivity contribution in [3.63, 3.8) is 0 Å². The number of rotatable bonds is 10. The second kappa shape index (κ2) is 9.25. The van der Waals surface area contributed by atoms with Gasteiger partial charge in [0.1, 0.15) is 0 Å². The molecule has 0 amide bonds. The van der Waals surface area contributed by atoms with Crippen LogP contribution in [0.3, 0.4) is 0 Å². The van der Waals surface area contributed by atoms with Crippen LogP contribution in [-0.2, 0) is 12.7 Å². The molecule has 0 heterocycles. The Morgan fingerprint density at radius 2 is 1.48 bits per heavy atom. The molecule has 0 N–H and O–H groups in total. The Bertz CT molecular complexity index is 517. The van der Waals surface area contributed by atoms with Gasteiger partial charge in [0.25, 0.3) is 0 Å². The van der Waals surface area contributed by atoms with E-state index in [0.29, 0.717) is 5.92 Å². The van der Waals surface area contributed by atoms with Gasteiger partial charge in [-0.25, -0.2) is 0 Å². The summed E-state index contributed by atoms with van der Waals surface area (Å²) in [4.78, 5) is 0. The van der Waals surface area contributed by atoms with Crippen LogP contribution < -0.4 is 0 Å². The van der Waals surface area contributed by atoms with E-state index in [1.165, 1.54) is 5.56 Å². The van der Waals surface area contributed by atoms with Gasteiger partial charge in [0.2, 0.25) is 0 Å². The first-order valence-electron chi connectivity index (χ1n) is 9.41. The van der Waals surface area contributed by atoms with E-state index in [0.717, 1.165) is 12.3 Å². The molecule has 0 saturated carbocycles. The predicted octanol–water partition coefficient (Wildman–Crippen LogP) is 5.47. The van der Waals surface area contributed by atoms with Gasteiger partial charge < -0.3 is 12.7 Å². The average Bonchev–Trinajstić information content (AvgIpc) is 2.43. The van der Waals surface area contributed by atoms with Gasteiger partial charge in [0.05, 0.1) is 8.80 Å². The van der Waals surface area contributed by atoms with E-state index >= 15 is 0 Å². The van der Waals surface area contributed by atoms with Crippen molar-refractivity contribution in [2.24, 2.45) is 0 Å². The normalized spacial score (nSPS) is 16.7. The Labute approximate surface area is 160 Å². The largest absolute Gasteiger partial charge is 0.437 e. The molecule has 0 aliphatic heterocycles. The minimum atomic E-state index is -2.32. The fourth-order valence-corrected chi connectivity index (χ4v) is 18.2. The van der Waals surface area contributed by atoms with Crippen LogP contribution in [0.15, 0.2) is 30.3 Å². The Hall–Kier alpha value is -0.0325. The molecule has 0 radical (unpaired) electrons. The van der Waals surface area contributed by atoms with Gasteiger partial charge in [-0.2, -0.15) is 0 Å². The standard InChI is InChI=1S/C18H38O3Si4/c1-17(18-13-11-10-12-14-18)15-25(9,20-23(4,5)6)21-24(7,8)19-16-22(2)3/h10-14,17,22H,15-16H2,1-9H3. The Kier molecular flexibility index (Phi) is 8.51. The average molecular weight is 415 g/mol. The Morgan fingerprint density at radius 3 is 1.96 bits per heavy atom. The molecular formula is C18H38O3Si4. The monoisotopic (exact) mass is 414 g/mol. The molecule has 0 bridgehead atoms. The van der Waals surface area contributed by atoms with E-state index in [2.05, 4.69) is 89.6 Å². The van der Waals surface area contributed by atoms with Gasteiger partial charge in [-0.05, 0) is 56.8 Å². The summed E-state index contributed by atoms with van der Waals surface area (Å²) in [5.74, 6) is 0.429. The predicted molar refractivity (Wildman–Crippen MR) is 119 cm³/mol. The van der Waals surface area contributed by atoms with Crippen LogP contribution in [0, 0.1) is 0 Å². The van der Waals surface area contributed by atoms with Crippen LogP contribution in [0.1, 0.15) is 18.4 Å². The van der Waals surface area contributed by atoms with Crippen LogP contribution in [0.4, 0.5) is 0 Å². The van der Waals surface area contributed by atoms with Crippen LogP contribution in [0.5, 0.6) is 0 Å². The summed E-state index contributed by atoms with van der Waals surface area (Å²) < 4.78 is 19.7. The fourth-order valence-electron chi connectivity index (χ4n) is 3.12. The van der Waals surface area contributed by atoms with Gasteiger partial charge in [0, 0.05) is 6.23 Å². The summed E-state index contributed by atoms with van der Waals surface area (Å²) >= 11 is 0. The highest BCUT2D eigenvalue weighted by Gasteiger charge is 2.44. The van der Waals surface area contributed by atoms with Gasteiger partial charge in [0.15, 0.2) is 8.32 Å². The lowest BCUT2D eigenvalue weighted by Crippen LogP contribution is -2.55. The Balaban J connectivity index is 2.93. The summed E-state index contributed by atoms with van der Waals surface area (Å²) in [6.45, 7) is 20.3. The maximum absolute atomic E-state index is 6.73. The molecule has 0 spiro atoms. The van der Waals surface area contributed by atoms with E-state index in [1.807, 2.05) is 0 Å². The lowest BCUT2D eigenvalue weighted by Gasteiger charge is -2.40. The van der Waals surface area contributed by atoms with E-state index in [4.69, 9.17) is 12.7 Å². The highest BCUT2D eigenvalue weighted by molar-refractivity contribution is 6.86. The molecule has 144 valence electrons. The third-order valence-electron chi connectivity index (χ3n) is 3.79. The molecule has 0 aliphatic carbocycles. The molecule has 0 fully saturated rings. The van der Waals surface area contributed by atoms with Gasteiger partial charge in [-0.3, -0.25) is 0 Å². The molecule has 0 aliphatic rings. The summed E-state index contributed by atoms with van der Waals surface area (Å²) in [6.07, 6.45) is 0.894. The van der Waals surface area contributed by atoms with Crippen LogP contribution in [0.25, 0.3) is 0 Å². The highest BCUT2D eigenvalue weighted by atomic mass is 28.5. The van der Waals surface area contributed by atoms with E-state index in [1.54, 1.807) is 0 Å². The zero-order valence-corrected chi connectivity index (χ0v) is 21.8. The third-order valence-corrected chi connectivity index (χ3v) is 15.0. The molecule has 0 aromatic heterocycles. The van der Waals surface area contributed by atoms with Crippen LogP contribution in [0.2, 0.25) is 58.4 Å². The van der Waals surface area contributed by atoms with Crippen molar-refractivity contribution >= 4 is 34.2 Å².